The van der Waals surface area contributed by atoms with Crippen LogP contribution < -0.4 is 14.8 Å². The second-order valence-corrected chi connectivity index (χ2v) is 11.9. The Bertz CT molecular complexity index is 1510. The van der Waals surface area contributed by atoms with Crippen LogP contribution in [0.1, 0.15) is 70.8 Å². The average molecular weight is 602 g/mol. The number of fused-ring (bicyclic) bond motifs is 1. The Labute approximate surface area is 256 Å². The van der Waals surface area contributed by atoms with Gasteiger partial charge in [0.05, 0.1) is 12.7 Å². The first-order chi connectivity index (χ1) is 21.4. The number of benzene rings is 2. The van der Waals surface area contributed by atoms with Crippen molar-refractivity contribution in [1.82, 2.24) is 20.2 Å². The summed E-state index contributed by atoms with van der Waals surface area (Å²) in [5, 5.41) is 14.0. The zero-order chi connectivity index (χ0) is 30.6. The number of hydrogen-bond acceptors (Lipinski definition) is 8. The Kier molecular flexibility index (Phi) is 8.83. The molecular weight excluding hydrogens is 562 g/mol. The number of amides is 2. The van der Waals surface area contributed by atoms with Crippen LogP contribution in [0.4, 0.5) is 10.6 Å². The molecule has 1 saturated carbocycles. The van der Waals surface area contributed by atoms with Gasteiger partial charge in [-0.2, -0.15) is 5.10 Å². The van der Waals surface area contributed by atoms with E-state index < -0.39 is 0 Å². The van der Waals surface area contributed by atoms with Gasteiger partial charge in [0.25, 0.3) is 0 Å². The van der Waals surface area contributed by atoms with Crippen LogP contribution in [0.5, 0.6) is 11.5 Å². The molecule has 0 spiro atoms. The third-order valence-corrected chi connectivity index (χ3v) is 9.03. The van der Waals surface area contributed by atoms with Crippen LogP contribution in [0.15, 0.2) is 42.5 Å². The third kappa shape index (κ3) is 6.28. The molecule has 44 heavy (non-hydrogen) atoms. The molecule has 2 fully saturated rings. The number of aromatic nitrogens is 2. The number of nitrogens with zero attached hydrogens (tertiary/aromatic N) is 3. The van der Waals surface area contributed by atoms with Crippen molar-refractivity contribution in [2.75, 3.05) is 32.6 Å². The SMILES string of the molecule is COc1cc(OCc2ccccc2)c(C=O)c2c1CC(C(=O)Nc1cc([C@H]3CC[C@@H](OC(=O)N4CCCCN4C)C3)[nH]n1)C2. The zero-order valence-electron chi connectivity index (χ0n) is 25.2. The van der Waals surface area contributed by atoms with E-state index >= 15 is 0 Å². The fourth-order valence-corrected chi connectivity index (χ4v) is 6.61. The van der Waals surface area contributed by atoms with Gasteiger partial charge < -0.3 is 19.5 Å². The molecule has 3 aromatic rings. The highest BCUT2D eigenvalue weighted by molar-refractivity contribution is 5.94. The van der Waals surface area contributed by atoms with Gasteiger partial charge >= 0.3 is 6.09 Å². The van der Waals surface area contributed by atoms with Crippen LogP contribution in [0.25, 0.3) is 0 Å². The number of hydrazine groups is 1. The molecule has 3 atom stereocenters. The van der Waals surface area contributed by atoms with Crippen LogP contribution in [-0.4, -0.2) is 71.9 Å². The molecule has 1 saturated heterocycles. The second kappa shape index (κ2) is 13.1. The maximum Gasteiger partial charge on any atom is 0.424 e. The molecule has 2 aromatic carbocycles. The van der Waals surface area contributed by atoms with Gasteiger partial charge in [-0.1, -0.05) is 30.3 Å². The quantitative estimate of drug-likeness (QED) is 0.333. The number of hydrogen-bond donors (Lipinski definition) is 2. The number of carbonyl (C=O) groups is 3. The summed E-state index contributed by atoms with van der Waals surface area (Å²) in [5.41, 5.74) is 3.99. The maximum absolute atomic E-state index is 13.4. The van der Waals surface area contributed by atoms with Gasteiger partial charge in [-0.25, -0.2) is 14.8 Å². The van der Waals surface area contributed by atoms with E-state index in [4.69, 9.17) is 14.2 Å². The molecule has 6 rings (SSSR count). The second-order valence-electron chi connectivity index (χ2n) is 11.9. The number of carbonyl (C=O) groups excluding carboxylic acids is 3. The summed E-state index contributed by atoms with van der Waals surface area (Å²) in [7, 11) is 3.50. The highest BCUT2D eigenvalue weighted by Crippen LogP contribution is 2.41. The first-order valence-corrected chi connectivity index (χ1v) is 15.3. The van der Waals surface area contributed by atoms with Crippen LogP contribution >= 0.6 is 0 Å². The van der Waals surface area contributed by atoms with Crippen LogP contribution in [0.2, 0.25) is 0 Å². The number of aldehydes is 1. The number of methoxy groups -OCH3 is 1. The minimum atomic E-state index is -0.384. The number of anilines is 1. The van der Waals surface area contributed by atoms with E-state index in [0.717, 1.165) is 60.9 Å². The molecule has 1 aromatic heterocycles. The number of nitrogens with one attached hydrogen (secondary N) is 2. The largest absolute Gasteiger partial charge is 0.496 e. The van der Waals surface area contributed by atoms with Crippen LogP contribution in [0.3, 0.4) is 0 Å². The van der Waals surface area contributed by atoms with Crippen molar-refractivity contribution in [1.29, 1.82) is 0 Å². The Morgan fingerprint density at radius 2 is 1.86 bits per heavy atom. The normalized spacial score (nSPS) is 21.5. The van der Waals surface area contributed by atoms with E-state index in [9.17, 15) is 14.4 Å². The van der Waals surface area contributed by atoms with Crippen LogP contribution in [-0.2, 0) is 29.0 Å². The van der Waals surface area contributed by atoms with Crippen molar-refractivity contribution in [3.8, 4) is 11.5 Å². The lowest BCUT2D eigenvalue weighted by Gasteiger charge is -2.35. The van der Waals surface area contributed by atoms with Gasteiger partial charge in [-0.15, -0.1) is 0 Å². The molecule has 2 heterocycles. The Hall–Kier alpha value is -4.38. The van der Waals surface area contributed by atoms with E-state index in [1.165, 1.54) is 0 Å². The van der Waals surface area contributed by atoms with Crippen molar-refractivity contribution >= 4 is 24.1 Å². The van der Waals surface area contributed by atoms with Crippen molar-refractivity contribution in [3.63, 3.8) is 0 Å². The summed E-state index contributed by atoms with van der Waals surface area (Å²) in [4.78, 5) is 38.3. The molecular formula is C33H39N5O6. The molecule has 2 N–H and O–H groups in total. The van der Waals surface area contributed by atoms with E-state index in [0.29, 0.717) is 55.3 Å². The molecule has 2 aliphatic carbocycles. The molecule has 11 heteroatoms. The fourth-order valence-electron chi connectivity index (χ4n) is 6.61. The van der Waals surface area contributed by atoms with Gasteiger partial charge in [0.1, 0.15) is 24.2 Å². The summed E-state index contributed by atoms with van der Waals surface area (Å²) >= 11 is 0. The van der Waals surface area contributed by atoms with E-state index in [1.54, 1.807) is 18.2 Å². The number of ether oxygens (including phenoxy) is 3. The van der Waals surface area contributed by atoms with Gasteiger partial charge in [-0.3, -0.25) is 14.7 Å². The summed E-state index contributed by atoms with van der Waals surface area (Å²) < 4.78 is 17.5. The minimum Gasteiger partial charge on any atom is -0.496 e. The van der Waals surface area contributed by atoms with E-state index in [1.807, 2.05) is 48.5 Å². The Morgan fingerprint density at radius 3 is 2.64 bits per heavy atom. The lowest BCUT2D eigenvalue weighted by Crippen LogP contribution is -2.49. The van der Waals surface area contributed by atoms with Crippen molar-refractivity contribution in [3.05, 3.63) is 70.4 Å². The predicted octanol–water partition coefficient (Wildman–Crippen LogP) is 4.88. The number of aromatic amines is 1. The fraction of sp³-hybridized carbons (Fsp3) is 0.455. The molecule has 11 nitrogen and oxygen atoms in total. The number of rotatable bonds is 9. The standard InChI is InChI=1S/C33H39N5O6/c1-37-12-6-7-13-38(37)33(41)44-24-11-10-22(14-24)28-17-31(36-35-28)34-32(40)23-15-25-26(16-23)29(42-2)18-30(27(25)19-39)43-20-21-8-4-3-5-9-21/h3-5,8-9,17-19,22-24H,6-7,10-16,20H2,1-2H3,(H2,34,35,36,40)/t22-,23?,24+/m0/s1. The zero-order valence-corrected chi connectivity index (χ0v) is 25.2. The molecule has 3 aliphatic rings. The lowest BCUT2D eigenvalue weighted by atomic mass is 10.0. The number of H-pyrrole nitrogens is 1. The molecule has 232 valence electrons. The maximum atomic E-state index is 13.4. The Morgan fingerprint density at radius 1 is 1.07 bits per heavy atom. The van der Waals surface area contributed by atoms with Gasteiger partial charge in [0, 0.05) is 49.8 Å². The van der Waals surface area contributed by atoms with Gasteiger partial charge in [-0.05, 0) is 61.6 Å². The van der Waals surface area contributed by atoms with Crippen molar-refractivity contribution < 1.29 is 28.6 Å². The highest BCUT2D eigenvalue weighted by atomic mass is 16.6. The van der Waals surface area contributed by atoms with E-state index in [2.05, 4.69) is 15.5 Å². The van der Waals surface area contributed by atoms with Gasteiger partial charge in [0.2, 0.25) is 5.91 Å². The molecule has 1 aliphatic heterocycles. The molecule has 0 bridgehead atoms. The summed E-state index contributed by atoms with van der Waals surface area (Å²) in [6.07, 6.45) is 5.64. The summed E-state index contributed by atoms with van der Waals surface area (Å²) in [5.74, 6) is 1.11. The average Bonchev–Trinajstić information content (AvgIpc) is 3.80. The smallest absolute Gasteiger partial charge is 0.424 e. The summed E-state index contributed by atoms with van der Waals surface area (Å²) in [6, 6.07) is 13.3. The molecule has 0 radical (unpaired) electrons. The van der Waals surface area contributed by atoms with Crippen LogP contribution in [0, 0.1) is 5.92 Å². The van der Waals surface area contributed by atoms with E-state index in [-0.39, 0.29) is 29.9 Å². The van der Waals surface area contributed by atoms with Gasteiger partial charge in [0.15, 0.2) is 12.1 Å². The first-order valence-electron chi connectivity index (χ1n) is 15.3. The first kappa shape index (κ1) is 29.7. The highest BCUT2D eigenvalue weighted by Gasteiger charge is 2.35. The molecule has 2 amide bonds. The predicted molar refractivity (Wildman–Crippen MR) is 163 cm³/mol. The lowest BCUT2D eigenvalue weighted by molar-refractivity contribution is -0.119. The minimum absolute atomic E-state index is 0.148. The molecule has 1 unspecified atom stereocenters. The van der Waals surface area contributed by atoms with Crippen molar-refractivity contribution in [2.24, 2.45) is 5.92 Å². The van der Waals surface area contributed by atoms with Crippen molar-refractivity contribution in [2.45, 2.75) is 63.6 Å². The third-order valence-electron chi connectivity index (χ3n) is 9.03. The Balaban J connectivity index is 1.06. The summed E-state index contributed by atoms with van der Waals surface area (Å²) in [6.45, 7) is 1.86. The monoisotopic (exact) mass is 601 g/mol. The topological polar surface area (TPSA) is 126 Å².